The molecule has 0 radical (unpaired) electrons. The summed E-state index contributed by atoms with van der Waals surface area (Å²) in [5.74, 6) is -0.124. The first-order valence-electron chi connectivity index (χ1n) is 7.63. The van der Waals surface area contributed by atoms with E-state index in [1.165, 1.54) is 23.5 Å². The fourth-order valence-corrected chi connectivity index (χ4v) is 5.24. The van der Waals surface area contributed by atoms with E-state index < -0.39 is 5.60 Å². The smallest absolute Gasteiger partial charge is 0.322 e. The van der Waals surface area contributed by atoms with Crippen molar-refractivity contribution in [3.8, 4) is 0 Å². The van der Waals surface area contributed by atoms with Crippen LogP contribution in [0.25, 0.3) is 0 Å². The lowest BCUT2D eigenvalue weighted by Crippen LogP contribution is -2.49. The predicted molar refractivity (Wildman–Crippen MR) is 94.9 cm³/mol. The largest absolute Gasteiger partial charge is 0.459 e. The lowest BCUT2D eigenvalue weighted by Gasteiger charge is -2.42. The van der Waals surface area contributed by atoms with E-state index in [4.69, 9.17) is 4.74 Å². The molecule has 0 saturated carbocycles. The third kappa shape index (κ3) is 2.76. The normalized spacial score (nSPS) is 26.8. The topological polar surface area (TPSA) is 46.6 Å². The highest BCUT2D eigenvalue weighted by Gasteiger charge is 2.49. The standard InChI is InChI=1S/C17H21NO3S2/c1-9-10-7-6-8-11-14(15(20)21-17(2,3)4)23-16(22-5)12(13(9)19)18(10)11/h6-7,11,14H,8H2,1-5H3/t11-,14-/m1/s1. The van der Waals surface area contributed by atoms with Gasteiger partial charge in [0.1, 0.15) is 16.5 Å². The van der Waals surface area contributed by atoms with Gasteiger partial charge in [0.05, 0.1) is 10.3 Å². The van der Waals surface area contributed by atoms with Gasteiger partial charge in [-0.15, -0.1) is 11.8 Å². The van der Waals surface area contributed by atoms with Gasteiger partial charge in [0.2, 0.25) is 5.78 Å². The molecule has 23 heavy (non-hydrogen) atoms. The molecule has 3 heterocycles. The average Bonchev–Trinajstić information content (AvgIpc) is 2.73. The van der Waals surface area contributed by atoms with Crippen LogP contribution < -0.4 is 0 Å². The number of hydrogen-bond donors (Lipinski definition) is 0. The molecule has 0 aliphatic carbocycles. The maximum Gasteiger partial charge on any atom is 0.322 e. The van der Waals surface area contributed by atoms with Crippen molar-refractivity contribution in [3.05, 3.63) is 33.4 Å². The van der Waals surface area contributed by atoms with Crippen molar-refractivity contribution in [1.29, 1.82) is 0 Å². The number of carbonyl (C=O) groups is 2. The van der Waals surface area contributed by atoms with Gasteiger partial charge in [0, 0.05) is 11.3 Å². The number of Topliss-reactive ketones (excluding diaryl/α,β-unsaturated/α-hetero) is 1. The molecule has 0 aromatic carbocycles. The molecule has 0 fully saturated rings. The second kappa shape index (κ2) is 5.74. The third-order valence-corrected chi connectivity index (χ3v) is 6.55. The van der Waals surface area contributed by atoms with Crippen LogP contribution in [-0.2, 0) is 14.3 Å². The van der Waals surface area contributed by atoms with E-state index in [9.17, 15) is 9.59 Å². The minimum absolute atomic E-state index is 0.0536. The Labute approximate surface area is 145 Å². The van der Waals surface area contributed by atoms with Crippen LogP contribution in [0.3, 0.4) is 0 Å². The number of carbonyl (C=O) groups excluding carboxylic acids is 2. The van der Waals surface area contributed by atoms with Crippen LogP contribution in [0.2, 0.25) is 0 Å². The van der Waals surface area contributed by atoms with Crippen LogP contribution in [0.1, 0.15) is 34.1 Å². The summed E-state index contributed by atoms with van der Waals surface area (Å²) >= 11 is 3.00. The summed E-state index contributed by atoms with van der Waals surface area (Å²) in [5, 5.41) is -0.320. The van der Waals surface area contributed by atoms with E-state index in [1.807, 2.05) is 40.0 Å². The molecule has 3 rings (SSSR count). The molecule has 0 aromatic heterocycles. The first kappa shape index (κ1) is 16.7. The monoisotopic (exact) mass is 351 g/mol. The maximum atomic E-state index is 12.7. The van der Waals surface area contributed by atoms with Gasteiger partial charge in [-0.05, 0) is 46.4 Å². The molecule has 6 heteroatoms. The zero-order valence-corrected chi connectivity index (χ0v) is 15.6. The average molecular weight is 351 g/mol. The maximum absolute atomic E-state index is 12.7. The Bertz CT molecular complexity index is 670. The van der Waals surface area contributed by atoms with E-state index in [0.29, 0.717) is 0 Å². The van der Waals surface area contributed by atoms with E-state index in [-0.39, 0.29) is 23.0 Å². The highest BCUT2D eigenvalue weighted by atomic mass is 32.2. The van der Waals surface area contributed by atoms with Gasteiger partial charge in [0.25, 0.3) is 0 Å². The Morgan fingerprint density at radius 1 is 1.43 bits per heavy atom. The van der Waals surface area contributed by atoms with Crippen molar-refractivity contribution in [2.75, 3.05) is 6.26 Å². The Hall–Kier alpha value is -1.14. The molecule has 124 valence electrons. The Morgan fingerprint density at radius 3 is 2.74 bits per heavy atom. The molecule has 4 nitrogen and oxygen atoms in total. The summed E-state index contributed by atoms with van der Waals surface area (Å²) in [5.41, 5.74) is 1.92. The molecule has 0 aromatic rings. The minimum atomic E-state index is -0.513. The fourth-order valence-electron chi connectivity index (χ4n) is 3.09. The molecule has 2 atom stereocenters. The lowest BCUT2D eigenvalue weighted by molar-refractivity contribution is -0.155. The highest BCUT2D eigenvalue weighted by molar-refractivity contribution is 8.22. The SMILES string of the molecule is CSC1=C2C(=O)C(C)=C3C=CC[C@H]([C@H](C(=O)OC(C)(C)C)S1)N32. The molecule has 3 aliphatic rings. The predicted octanol–water partition coefficient (Wildman–Crippen LogP) is 3.46. The molecule has 0 unspecified atom stereocenters. The van der Waals surface area contributed by atoms with Crippen molar-refractivity contribution in [2.45, 2.75) is 51.0 Å². The third-order valence-electron chi connectivity index (χ3n) is 4.03. The zero-order chi connectivity index (χ0) is 16.9. The Morgan fingerprint density at radius 2 is 2.13 bits per heavy atom. The Kier molecular flexibility index (Phi) is 4.17. The summed E-state index contributed by atoms with van der Waals surface area (Å²) in [6, 6.07) is -0.0536. The molecule has 0 amide bonds. The number of allylic oxidation sites excluding steroid dienone is 2. The number of nitrogens with zero attached hydrogens (tertiary/aromatic N) is 1. The van der Waals surface area contributed by atoms with E-state index in [0.717, 1.165) is 27.6 Å². The molecule has 3 aliphatic heterocycles. The van der Waals surface area contributed by atoms with Gasteiger partial charge >= 0.3 is 5.97 Å². The van der Waals surface area contributed by atoms with Gasteiger partial charge in [0.15, 0.2) is 0 Å². The van der Waals surface area contributed by atoms with Crippen LogP contribution in [0.5, 0.6) is 0 Å². The molecule has 0 N–H and O–H groups in total. The van der Waals surface area contributed by atoms with Gasteiger partial charge in [-0.2, -0.15) is 0 Å². The quantitative estimate of drug-likeness (QED) is 0.710. The summed E-state index contributed by atoms with van der Waals surface area (Å²) < 4.78 is 6.53. The van der Waals surface area contributed by atoms with Crippen LogP contribution in [-0.4, -0.2) is 39.8 Å². The van der Waals surface area contributed by atoms with Crippen molar-refractivity contribution >= 4 is 35.3 Å². The first-order valence-corrected chi connectivity index (χ1v) is 9.74. The van der Waals surface area contributed by atoms with Crippen molar-refractivity contribution in [1.82, 2.24) is 4.90 Å². The number of thioether (sulfide) groups is 2. The molecule has 0 saturated heterocycles. The number of ether oxygens (including phenoxy) is 1. The molecular weight excluding hydrogens is 330 g/mol. The van der Waals surface area contributed by atoms with E-state index in [2.05, 4.69) is 11.0 Å². The van der Waals surface area contributed by atoms with Gasteiger partial charge in [-0.25, -0.2) is 0 Å². The zero-order valence-electron chi connectivity index (χ0n) is 14.0. The van der Waals surface area contributed by atoms with Crippen molar-refractivity contribution in [3.63, 3.8) is 0 Å². The molecule has 0 bridgehead atoms. The molecular formula is C17H21NO3S2. The summed E-state index contributed by atoms with van der Waals surface area (Å²) in [6.45, 7) is 7.50. The lowest BCUT2D eigenvalue weighted by atomic mass is 10.0. The van der Waals surface area contributed by atoms with Crippen LogP contribution in [0.4, 0.5) is 0 Å². The van der Waals surface area contributed by atoms with Crippen LogP contribution in [0.15, 0.2) is 33.4 Å². The van der Waals surface area contributed by atoms with Crippen molar-refractivity contribution in [2.24, 2.45) is 0 Å². The van der Waals surface area contributed by atoms with Crippen molar-refractivity contribution < 1.29 is 14.3 Å². The van der Waals surface area contributed by atoms with E-state index >= 15 is 0 Å². The Balaban J connectivity index is 2.03. The van der Waals surface area contributed by atoms with Gasteiger partial charge in [-0.1, -0.05) is 17.8 Å². The molecule has 0 spiro atoms. The number of ketones is 1. The summed E-state index contributed by atoms with van der Waals surface area (Å²) in [6.07, 6.45) is 6.74. The highest BCUT2D eigenvalue weighted by Crippen LogP contribution is 2.50. The summed E-state index contributed by atoms with van der Waals surface area (Å²) in [7, 11) is 0. The van der Waals surface area contributed by atoms with Crippen LogP contribution >= 0.6 is 23.5 Å². The number of esters is 1. The second-order valence-electron chi connectivity index (χ2n) is 6.83. The number of rotatable bonds is 2. The minimum Gasteiger partial charge on any atom is -0.459 e. The van der Waals surface area contributed by atoms with Gasteiger partial charge < -0.3 is 9.64 Å². The summed E-state index contributed by atoms with van der Waals surface area (Å²) in [4.78, 5) is 27.4. The van der Waals surface area contributed by atoms with E-state index in [1.54, 1.807) is 0 Å². The van der Waals surface area contributed by atoms with Crippen LogP contribution in [0, 0.1) is 0 Å². The second-order valence-corrected chi connectivity index (χ2v) is 9.05. The fraction of sp³-hybridized carbons (Fsp3) is 0.529. The first-order chi connectivity index (χ1) is 10.7. The van der Waals surface area contributed by atoms with Gasteiger partial charge in [-0.3, -0.25) is 9.59 Å². The number of hydrogen-bond acceptors (Lipinski definition) is 6.